The van der Waals surface area contributed by atoms with Gasteiger partial charge in [0.2, 0.25) is 0 Å². The molecule has 4 nitrogen and oxygen atoms in total. The number of rotatable bonds is 4. The first kappa shape index (κ1) is 13.2. The van der Waals surface area contributed by atoms with Crippen molar-refractivity contribution < 1.29 is 18.7 Å². The summed E-state index contributed by atoms with van der Waals surface area (Å²) >= 11 is 0. The first-order valence-electron chi connectivity index (χ1n) is 5.15. The maximum atomic E-state index is 13.1. The molecule has 1 aromatic carbocycles. The van der Waals surface area contributed by atoms with Crippen molar-refractivity contribution in [3.8, 4) is 0 Å². The summed E-state index contributed by atoms with van der Waals surface area (Å²) in [6.07, 6.45) is 0. The minimum atomic E-state index is -0.929. The van der Waals surface area contributed by atoms with Crippen LogP contribution in [0.4, 0.5) is 10.1 Å². The molecule has 5 heteroatoms. The number of hydrogen-bond donors (Lipinski definition) is 0. The smallest absolute Gasteiger partial charge is 0.379 e. The zero-order valence-electron chi connectivity index (χ0n) is 9.99. The maximum absolute atomic E-state index is 13.1. The number of anilines is 1. The SMILES string of the molecule is CCOC(=O)C(=O)c1ccc(F)cc1N(C)C. The highest BCUT2D eigenvalue weighted by atomic mass is 19.1. The summed E-state index contributed by atoms with van der Waals surface area (Å²) in [5, 5.41) is 0. The van der Waals surface area contributed by atoms with Gasteiger partial charge < -0.3 is 9.64 Å². The quantitative estimate of drug-likeness (QED) is 0.455. The molecule has 0 spiro atoms. The number of carbonyl (C=O) groups is 2. The minimum Gasteiger partial charge on any atom is -0.460 e. The van der Waals surface area contributed by atoms with E-state index in [1.54, 1.807) is 25.9 Å². The van der Waals surface area contributed by atoms with Crippen LogP contribution >= 0.6 is 0 Å². The molecule has 0 fully saturated rings. The first-order chi connectivity index (χ1) is 7.97. The summed E-state index contributed by atoms with van der Waals surface area (Å²) in [7, 11) is 3.33. The Morgan fingerprint density at radius 3 is 2.53 bits per heavy atom. The van der Waals surface area contributed by atoms with Gasteiger partial charge in [-0.05, 0) is 25.1 Å². The number of benzene rings is 1. The number of nitrogens with zero attached hydrogens (tertiary/aromatic N) is 1. The molecule has 17 heavy (non-hydrogen) atoms. The van der Waals surface area contributed by atoms with E-state index in [-0.39, 0.29) is 12.2 Å². The molecule has 0 atom stereocenters. The standard InChI is InChI=1S/C12H14FNO3/c1-4-17-12(16)11(15)9-6-5-8(13)7-10(9)14(2)3/h5-7H,4H2,1-3H3. The second kappa shape index (κ2) is 5.43. The van der Waals surface area contributed by atoms with Gasteiger partial charge in [-0.1, -0.05) is 0 Å². The van der Waals surface area contributed by atoms with Crippen LogP contribution in [0.1, 0.15) is 17.3 Å². The van der Waals surface area contributed by atoms with Crippen LogP contribution < -0.4 is 4.90 Å². The van der Waals surface area contributed by atoms with Crippen LogP contribution in [0.2, 0.25) is 0 Å². The monoisotopic (exact) mass is 239 g/mol. The van der Waals surface area contributed by atoms with Crippen molar-refractivity contribution in [2.75, 3.05) is 25.6 Å². The Labute approximate surface area is 99.0 Å². The lowest BCUT2D eigenvalue weighted by Gasteiger charge is -2.16. The van der Waals surface area contributed by atoms with E-state index in [9.17, 15) is 14.0 Å². The van der Waals surface area contributed by atoms with Crippen molar-refractivity contribution in [1.82, 2.24) is 0 Å². The number of Topliss-reactive ketones (excluding diaryl/α,β-unsaturated/α-hetero) is 1. The van der Waals surface area contributed by atoms with Crippen LogP contribution in [0.25, 0.3) is 0 Å². The largest absolute Gasteiger partial charge is 0.460 e. The summed E-state index contributed by atoms with van der Waals surface area (Å²) in [6, 6.07) is 3.62. The van der Waals surface area contributed by atoms with Crippen molar-refractivity contribution in [1.29, 1.82) is 0 Å². The molecule has 0 unspecified atom stereocenters. The molecule has 0 aromatic heterocycles. The second-order valence-electron chi connectivity index (χ2n) is 3.61. The Balaban J connectivity index is 3.13. The molecule has 0 N–H and O–H groups in total. The van der Waals surface area contributed by atoms with E-state index >= 15 is 0 Å². The summed E-state index contributed by atoms with van der Waals surface area (Å²) in [5.41, 5.74) is 0.484. The maximum Gasteiger partial charge on any atom is 0.379 e. The number of carbonyl (C=O) groups excluding carboxylic acids is 2. The molecule has 92 valence electrons. The van der Waals surface area contributed by atoms with Gasteiger partial charge in [0.05, 0.1) is 17.9 Å². The highest BCUT2D eigenvalue weighted by molar-refractivity contribution is 6.41. The van der Waals surface area contributed by atoms with Crippen molar-refractivity contribution >= 4 is 17.4 Å². The van der Waals surface area contributed by atoms with Gasteiger partial charge in [-0.25, -0.2) is 9.18 Å². The Hall–Kier alpha value is -1.91. The van der Waals surface area contributed by atoms with Gasteiger partial charge >= 0.3 is 5.97 Å². The van der Waals surface area contributed by atoms with Gasteiger partial charge in [0, 0.05) is 14.1 Å². The lowest BCUT2D eigenvalue weighted by atomic mass is 10.1. The number of ketones is 1. The van der Waals surface area contributed by atoms with Gasteiger partial charge in [0.1, 0.15) is 5.82 Å². The molecule has 1 aromatic rings. The molecule has 0 aliphatic carbocycles. The van der Waals surface area contributed by atoms with Crippen LogP contribution in [-0.4, -0.2) is 32.5 Å². The zero-order chi connectivity index (χ0) is 13.0. The van der Waals surface area contributed by atoms with E-state index in [4.69, 9.17) is 0 Å². The van der Waals surface area contributed by atoms with Gasteiger partial charge in [-0.15, -0.1) is 0 Å². The van der Waals surface area contributed by atoms with Crippen molar-refractivity contribution in [3.63, 3.8) is 0 Å². The third kappa shape index (κ3) is 3.03. The summed E-state index contributed by atoms with van der Waals surface area (Å²) in [4.78, 5) is 24.6. The van der Waals surface area contributed by atoms with Crippen molar-refractivity contribution in [2.45, 2.75) is 6.92 Å². The fourth-order valence-corrected chi connectivity index (χ4v) is 1.37. The Bertz CT molecular complexity index is 443. The highest BCUT2D eigenvalue weighted by Gasteiger charge is 2.21. The molecule has 0 radical (unpaired) electrons. The molecule has 0 saturated carbocycles. The van der Waals surface area contributed by atoms with Crippen LogP contribution in [0.15, 0.2) is 18.2 Å². The molecular formula is C12H14FNO3. The normalized spacial score (nSPS) is 9.88. The Morgan fingerprint density at radius 2 is 2.00 bits per heavy atom. The van der Waals surface area contributed by atoms with E-state index in [1.807, 2.05) is 0 Å². The number of ether oxygens (including phenoxy) is 1. The molecule has 0 aliphatic heterocycles. The minimum absolute atomic E-state index is 0.128. The van der Waals surface area contributed by atoms with Crippen molar-refractivity contribution in [2.24, 2.45) is 0 Å². The lowest BCUT2D eigenvalue weighted by molar-refractivity contribution is -0.137. The van der Waals surface area contributed by atoms with Gasteiger partial charge in [0.15, 0.2) is 0 Å². The average molecular weight is 239 g/mol. The second-order valence-corrected chi connectivity index (χ2v) is 3.61. The van der Waals surface area contributed by atoms with E-state index in [2.05, 4.69) is 4.74 Å². The summed E-state index contributed by atoms with van der Waals surface area (Å²) in [6.45, 7) is 1.74. The molecule has 0 saturated heterocycles. The summed E-state index contributed by atoms with van der Waals surface area (Å²) in [5.74, 6) is -2.16. The van der Waals surface area contributed by atoms with E-state index < -0.39 is 17.6 Å². The molecule has 0 amide bonds. The predicted molar refractivity (Wildman–Crippen MR) is 61.7 cm³/mol. The topological polar surface area (TPSA) is 46.6 Å². The number of hydrogen-bond acceptors (Lipinski definition) is 4. The first-order valence-corrected chi connectivity index (χ1v) is 5.15. The van der Waals surface area contributed by atoms with Crippen LogP contribution in [0.3, 0.4) is 0 Å². The van der Waals surface area contributed by atoms with E-state index in [0.29, 0.717) is 5.69 Å². The van der Waals surface area contributed by atoms with Crippen molar-refractivity contribution in [3.05, 3.63) is 29.6 Å². The fourth-order valence-electron chi connectivity index (χ4n) is 1.37. The molecule has 0 aliphatic rings. The van der Waals surface area contributed by atoms with E-state index in [1.165, 1.54) is 12.1 Å². The fraction of sp³-hybridized carbons (Fsp3) is 0.333. The third-order valence-electron chi connectivity index (χ3n) is 2.15. The summed E-state index contributed by atoms with van der Waals surface area (Å²) < 4.78 is 17.7. The third-order valence-corrected chi connectivity index (χ3v) is 2.15. The van der Waals surface area contributed by atoms with Crippen LogP contribution in [0.5, 0.6) is 0 Å². The Kier molecular flexibility index (Phi) is 4.20. The van der Waals surface area contributed by atoms with Gasteiger partial charge in [-0.3, -0.25) is 4.79 Å². The number of esters is 1. The average Bonchev–Trinajstić information content (AvgIpc) is 2.28. The van der Waals surface area contributed by atoms with Gasteiger partial charge in [0.25, 0.3) is 5.78 Å². The van der Waals surface area contributed by atoms with Crippen LogP contribution in [0, 0.1) is 5.82 Å². The zero-order valence-corrected chi connectivity index (χ0v) is 9.99. The Morgan fingerprint density at radius 1 is 1.35 bits per heavy atom. The highest BCUT2D eigenvalue weighted by Crippen LogP contribution is 2.20. The van der Waals surface area contributed by atoms with E-state index in [0.717, 1.165) is 6.07 Å². The molecule has 0 heterocycles. The number of halogens is 1. The predicted octanol–water partition coefficient (Wildman–Crippen LogP) is 1.64. The van der Waals surface area contributed by atoms with Crippen LogP contribution in [-0.2, 0) is 9.53 Å². The molecular weight excluding hydrogens is 225 g/mol. The lowest BCUT2D eigenvalue weighted by Crippen LogP contribution is -2.21. The molecule has 1 rings (SSSR count). The molecule has 0 bridgehead atoms. The van der Waals surface area contributed by atoms with Gasteiger partial charge in [-0.2, -0.15) is 0 Å².